The fourth-order valence-electron chi connectivity index (χ4n) is 3.92. The van der Waals surface area contributed by atoms with Gasteiger partial charge in [0.25, 0.3) is 0 Å². The lowest BCUT2D eigenvalue weighted by Gasteiger charge is -2.41. The van der Waals surface area contributed by atoms with E-state index in [1.54, 1.807) is 0 Å². The molecule has 3 nitrogen and oxygen atoms in total. The maximum atomic E-state index is 9.61. The number of hydrogen-bond acceptors (Lipinski definition) is 3. The molecule has 3 heteroatoms. The standard InChI is InChI=1S/C16H32N2O/c1-12(2)13-4-5-16(17-3)14(10-13)11-18-8-6-15(19)7-9-18/h12-17,19H,4-11H2,1-3H3. The topological polar surface area (TPSA) is 35.5 Å². The van der Waals surface area contributed by atoms with Crippen LogP contribution in [-0.4, -0.2) is 48.8 Å². The molecule has 0 aromatic heterocycles. The van der Waals surface area contributed by atoms with Gasteiger partial charge in [0.05, 0.1) is 6.10 Å². The van der Waals surface area contributed by atoms with Crippen LogP contribution in [0, 0.1) is 17.8 Å². The predicted octanol–water partition coefficient (Wildman–Crippen LogP) is 2.10. The van der Waals surface area contributed by atoms with Crippen LogP contribution in [-0.2, 0) is 0 Å². The molecule has 1 aliphatic carbocycles. The largest absolute Gasteiger partial charge is 0.393 e. The van der Waals surface area contributed by atoms with Crippen molar-refractivity contribution in [3.8, 4) is 0 Å². The van der Waals surface area contributed by atoms with Crippen molar-refractivity contribution in [3.63, 3.8) is 0 Å². The van der Waals surface area contributed by atoms with Gasteiger partial charge in [0.1, 0.15) is 0 Å². The number of aliphatic hydroxyl groups excluding tert-OH is 1. The van der Waals surface area contributed by atoms with Crippen LogP contribution in [0.5, 0.6) is 0 Å². The smallest absolute Gasteiger partial charge is 0.0564 e. The van der Waals surface area contributed by atoms with E-state index in [-0.39, 0.29) is 6.10 Å². The molecule has 19 heavy (non-hydrogen) atoms. The lowest BCUT2D eigenvalue weighted by Crippen LogP contribution is -2.47. The third-order valence-electron chi connectivity index (χ3n) is 5.39. The number of rotatable bonds is 4. The number of hydrogen-bond donors (Lipinski definition) is 2. The number of aliphatic hydroxyl groups is 1. The van der Waals surface area contributed by atoms with E-state index in [1.807, 2.05) is 0 Å². The van der Waals surface area contributed by atoms with Crippen LogP contribution in [0.4, 0.5) is 0 Å². The molecule has 1 saturated heterocycles. The summed E-state index contributed by atoms with van der Waals surface area (Å²) in [5.74, 6) is 2.52. The summed E-state index contributed by atoms with van der Waals surface area (Å²) in [6.45, 7) is 8.14. The number of likely N-dealkylation sites (tertiary alicyclic amines) is 1. The van der Waals surface area contributed by atoms with E-state index >= 15 is 0 Å². The normalized spacial score (nSPS) is 34.9. The monoisotopic (exact) mass is 268 g/mol. The van der Waals surface area contributed by atoms with Gasteiger partial charge >= 0.3 is 0 Å². The van der Waals surface area contributed by atoms with Crippen molar-refractivity contribution in [2.24, 2.45) is 17.8 Å². The molecule has 112 valence electrons. The average molecular weight is 268 g/mol. The quantitative estimate of drug-likeness (QED) is 0.820. The first-order valence-electron chi connectivity index (χ1n) is 8.17. The van der Waals surface area contributed by atoms with E-state index in [4.69, 9.17) is 0 Å². The fourth-order valence-corrected chi connectivity index (χ4v) is 3.92. The second-order valence-electron chi connectivity index (χ2n) is 7.00. The minimum absolute atomic E-state index is 0.0499. The van der Waals surface area contributed by atoms with Gasteiger partial charge in [-0.2, -0.15) is 0 Å². The Balaban J connectivity index is 1.87. The Morgan fingerprint density at radius 2 is 1.84 bits per heavy atom. The zero-order chi connectivity index (χ0) is 13.8. The number of nitrogens with one attached hydrogen (secondary N) is 1. The SMILES string of the molecule is CNC1CCC(C(C)C)CC1CN1CCC(O)CC1. The van der Waals surface area contributed by atoms with Gasteiger partial charge in [-0.1, -0.05) is 13.8 Å². The molecule has 1 aliphatic heterocycles. The number of nitrogens with zero attached hydrogens (tertiary/aromatic N) is 1. The van der Waals surface area contributed by atoms with E-state index in [1.165, 1.54) is 25.8 Å². The van der Waals surface area contributed by atoms with Gasteiger partial charge in [-0.3, -0.25) is 0 Å². The lowest BCUT2D eigenvalue weighted by atomic mass is 9.73. The van der Waals surface area contributed by atoms with Crippen molar-refractivity contribution < 1.29 is 5.11 Å². The third kappa shape index (κ3) is 4.17. The van der Waals surface area contributed by atoms with Crippen LogP contribution in [0.25, 0.3) is 0 Å². The summed E-state index contributed by atoms with van der Waals surface area (Å²) >= 11 is 0. The summed E-state index contributed by atoms with van der Waals surface area (Å²) < 4.78 is 0. The van der Waals surface area contributed by atoms with Gasteiger partial charge in [-0.05, 0) is 56.9 Å². The first-order valence-corrected chi connectivity index (χ1v) is 8.17. The average Bonchev–Trinajstić information content (AvgIpc) is 2.41. The molecular weight excluding hydrogens is 236 g/mol. The Hall–Kier alpha value is -0.120. The summed E-state index contributed by atoms with van der Waals surface area (Å²) in [7, 11) is 2.12. The van der Waals surface area contributed by atoms with Gasteiger partial charge in [-0.25, -0.2) is 0 Å². The van der Waals surface area contributed by atoms with E-state index in [0.29, 0.717) is 6.04 Å². The molecule has 0 bridgehead atoms. The zero-order valence-corrected chi connectivity index (χ0v) is 12.9. The van der Waals surface area contributed by atoms with Crippen molar-refractivity contribution in [2.45, 2.75) is 58.1 Å². The van der Waals surface area contributed by atoms with Gasteiger partial charge in [0.15, 0.2) is 0 Å². The second-order valence-corrected chi connectivity index (χ2v) is 7.00. The van der Waals surface area contributed by atoms with Crippen molar-refractivity contribution >= 4 is 0 Å². The summed E-state index contributed by atoms with van der Waals surface area (Å²) in [5.41, 5.74) is 0. The molecule has 1 saturated carbocycles. The highest BCUT2D eigenvalue weighted by Gasteiger charge is 2.32. The van der Waals surface area contributed by atoms with Crippen molar-refractivity contribution in [3.05, 3.63) is 0 Å². The Labute approximate surface area is 118 Å². The predicted molar refractivity (Wildman–Crippen MR) is 80.2 cm³/mol. The Bertz CT molecular complexity index is 261. The summed E-state index contributed by atoms with van der Waals surface area (Å²) in [6.07, 6.45) is 5.97. The first-order chi connectivity index (χ1) is 9.10. The molecule has 2 rings (SSSR count). The van der Waals surface area contributed by atoms with Crippen molar-refractivity contribution in [1.29, 1.82) is 0 Å². The zero-order valence-electron chi connectivity index (χ0n) is 12.9. The molecule has 3 unspecified atom stereocenters. The minimum Gasteiger partial charge on any atom is -0.393 e. The molecule has 0 radical (unpaired) electrons. The highest BCUT2D eigenvalue weighted by Crippen LogP contribution is 2.34. The van der Waals surface area contributed by atoms with E-state index in [0.717, 1.165) is 43.7 Å². The molecule has 2 fully saturated rings. The molecule has 2 aliphatic rings. The third-order valence-corrected chi connectivity index (χ3v) is 5.39. The fraction of sp³-hybridized carbons (Fsp3) is 1.00. The molecule has 0 spiro atoms. The van der Waals surface area contributed by atoms with Crippen LogP contribution in [0.15, 0.2) is 0 Å². The van der Waals surface area contributed by atoms with Crippen molar-refractivity contribution in [2.75, 3.05) is 26.7 Å². The summed E-state index contributed by atoms with van der Waals surface area (Å²) in [6, 6.07) is 0.696. The van der Waals surface area contributed by atoms with Gasteiger partial charge in [0.2, 0.25) is 0 Å². The molecule has 0 aromatic rings. The van der Waals surface area contributed by atoms with Crippen LogP contribution in [0.1, 0.15) is 46.0 Å². The van der Waals surface area contributed by atoms with E-state index < -0.39 is 0 Å². The van der Waals surface area contributed by atoms with E-state index in [9.17, 15) is 5.11 Å². The lowest BCUT2D eigenvalue weighted by molar-refractivity contribution is 0.0584. The second kappa shape index (κ2) is 7.05. The van der Waals surface area contributed by atoms with Crippen LogP contribution in [0.2, 0.25) is 0 Å². The molecular formula is C16H32N2O. The van der Waals surface area contributed by atoms with Gasteiger partial charge in [-0.15, -0.1) is 0 Å². The van der Waals surface area contributed by atoms with E-state index in [2.05, 4.69) is 31.1 Å². The molecule has 3 atom stereocenters. The minimum atomic E-state index is -0.0499. The van der Waals surface area contributed by atoms with Crippen molar-refractivity contribution in [1.82, 2.24) is 10.2 Å². The van der Waals surface area contributed by atoms with Gasteiger partial charge < -0.3 is 15.3 Å². The summed E-state index contributed by atoms with van der Waals surface area (Å²) in [4.78, 5) is 2.57. The first kappa shape index (κ1) is 15.3. The highest BCUT2D eigenvalue weighted by molar-refractivity contribution is 4.87. The Morgan fingerprint density at radius 1 is 1.16 bits per heavy atom. The van der Waals surface area contributed by atoms with Crippen LogP contribution in [0.3, 0.4) is 0 Å². The van der Waals surface area contributed by atoms with Gasteiger partial charge in [0, 0.05) is 25.7 Å². The molecule has 1 heterocycles. The molecule has 2 N–H and O–H groups in total. The Kier molecular flexibility index (Phi) is 5.67. The van der Waals surface area contributed by atoms with Crippen LogP contribution >= 0.6 is 0 Å². The maximum Gasteiger partial charge on any atom is 0.0564 e. The summed E-state index contributed by atoms with van der Waals surface area (Å²) in [5, 5.41) is 13.1. The number of piperidine rings is 1. The molecule has 0 amide bonds. The van der Waals surface area contributed by atoms with Crippen LogP contribution < -0.4 is 5.32 Å². The molecule has 0 aromatic carbocycles. The highest BCUT2D eigenvalue weighted by atomic mass is 16.3. The maximum absolute atomic E-state index is 9.61. The Morgan fingerprint density at radius 3 is 2.42 bits per heavy atom.